The Balaban J connectivity index is 1.93. The van der Waals surface area contributed by atoms with Crippen molar-refractivity contribution in [3.63, 3.8) is 0 Å². The Kier molecular flexibility index (Phi) is 9.03. The van der Waals surface area contributed by atoms with Crippen LogP contribution in [0.15, 0.2) is 18.2 Å². The lowest BCUT2D eigenvalue weighted by molar-refractivity contribution is 0.179. The molecule has 1 nitrogen and oxygen atoms in total. The van der Waals surface area contributed by atoms with Gasteiger partial charge in [-0.25, -0.2) is 0 Å². The van der Waals surface area contributed by atoms with E-state index in [2.05, 4.69) is 12.1 Å². The predicted octanol–water partition coefficient (Wildman–Crippen LogP) is 8.95. The number of hydrogen-bond acceptors (Lipinski definition) is 1. The van der Waals surface area contributed by atoms with Crippen LogP contribution in [-0.2, 0) is 5.41 Å². The topological polar surface area (TPSA) is 20.2 Å². The second-order valence-electron chi connectivity index (χ2n) is 9.55. The van der Waals surface area contributed by atoms with Crippen LogP contribution >= 0.6 is 11.6 Å². The van der Waals surface area contributed by atoms with Crippen LogP contribution in [0.5, 0.6) is 5.75 Å². The van der Waals surface area contributed by atoms with Crippen LogP contribution in [0, 0.1) is 5.92 Å². The van der Waals surface area contributed by atoms with E-state index in [9.17, 15) is 5.11 Å². The molecule has 0 aliphatic heterocycles. The van der Waals surface area contributed by atoms with E-state index in [1.54, 1.807) is 0 Å². The summed E-state index contributed by atoms with van der Waals surface area (Å²) in [6.45, 7) is 0. The van der Waals surface area contributed by atoms with Crippen molar-refractivity contribution < 1.29 is 5.11 Å². The molecular formula is C26H41ClO. The highest BCUT2D eigenvalue weighted by Crippen LogP contribution is 2.48. The molecule has 1 aromatic carbocycles. The summed E-state index contributed by atoms with van der Waals surface area (Å²) in [5, 5.41) is 10.6. The largest absolute Gasteiger partial charge is 0.506 e. The molecule has 1 N–H and O–H groups in total. The fourth-order valence-corrected chi connectivity index (χ4v) is 6.18. The molecule has 2 saturated carbocycles. The van der Waals surface area contributed by atoms with Crippen molar-refractivity contribution in [3.05, 3.63) is 28.8 Å². The maximum atomic E-state index is 10.0. The maximum absolute atomic E-state index is 10.0. The number of phenols is 1. The van der Waals surface area contributed by atoms with Crippen molar-refractivity contribution in [2.45, 2.75) is 121 Å². The van der Waals surface area contributed by atoms with Crippen molar-refractivity contribution >= 4 is 11.6 Å². The van der Waals surface area contributed by atoms with Gasteiger partial charge in [0.1, 0.15) is 5.75 Å². The van der Waals surface area contributed by atoms with Gasteiger partial charge in [-0.15, -0.1) is 0 Å². The van der Waals surface area contributed by atoms with Crippen molar-refractivity contribution in [2.75, 3.05) is 0 Å². The van der Waals surface area contributed by atoms with Crippen LogP contribution in [0.1, 0.15) is 121 Å². The van der Waals surface area contributed by atoms with Crippen LogP contribution < -0.4 is 0 Å². The summed E-state index contributed by atoms with van der Waals surface area (Å²) in [6.07, 6.45) is 24.9. The van der Waals surface area contributed by atoms with E-state index in [1.165, 1.54) is 121 Å². The normalized spacial score (nSPS) is 23.8. The zero-order valence-electron chi connectivity index (χ0n) is 17.9. The Morgan fingerprint density at radius 1 is 0.679 bits per heavy atom. The molecule has 3 rings (SSSR count). The second-order valence-corrected chi connectivity index (χ2v) is 9.95. The minimum atomic E-state index is 0.228. The molecule has 2 aliphatic rings. The van der Waals surface area contributed by atoms with Gasteiger partial charge in [0.15, 0.2) is 0 Å². The minimum absolute atomic E-state index is 0.228. The Morgan fingerprint density at radius 2 is 1.14 bits per heavy atom. The fraction of sp³-hybridized carbons (Fsp3) is 0.769. The van der Waals surface area contributed by atoms with Crippen LogP contribution in [0.4, 0.5) is 0 Å². The van der Waals surface area contributed by atoms with E-state index in [1.807, 2.05) is 6.07 Å². The van der Waals surface area contributed by atoms with E-state index in [4.69, 9.17) is 11.6 Å². The number of hydrogen-bond donors (Lipinski definition) is 1. The van der Waals surface area contributed by atoms with Gasteiger partial charge in [-0.05, 0) is 54.7 Å². The third-order valence-corrected chi connectivity index (χ3v) is 7.96. The summed E-state index contributed by atoms with van der Waals surface area (Å²) in [7, 11) is 0. The molecule has 0 saturated heterocycles. The molecule has 0 spiro atoms. The zero-order chi connectivity index (χ0) is 19.7. The maximum Gasteiger partial charge on any atom is 0.134 e. The number of aromatic hydroxyl groups is 1. The van der Waals surface area contributed by atoms with Crippen molar-refractivity contribution in [1.29, 1.82) is 0 Å². The highest BCUT2D eigenvalue weighted by Gasteiger charge is 2.39. The average Bonchev–Trinajstić information content (AvgIpc) is 2.72. The molecule has 2 fully saturated rings. The number of phenolic OH excluding ortho intramolecular Hbond substituents is 1. The van der Waals surface area contributed by atoms with Crippen molar-refractivity contribution in [3.8, 4) is 5.75 Å². The van der Waals surface area contributed by atoms with Crippen LogP contribution in [-0.4, -0.2) is 5.11 Å². The van der Waals surface area contributed by atoms with E-state index in [-0.39, 0.29) is 11.2 Å². The molecule has 0 atom stereocenters. The zero-order valence-corrected chi connectivity index (χ0v) is 18.6. The SMILES string of the molecule is Oc1ccc(C2(C3CCCCCCCCC3)CCCCCCCCC2)cc1Cl. The molecule has 2 heteroatoms. The third-order valence-electron chi connectivity index (χ3n) is 7.66. The van der Waals surface area contributed by atoms with Gasteiger partial charge >= 0.3 is 0 Å². The molecule has 0 heterocycles. The Hall–Kier alpha value is -0.690. The lowest BCUT2D eigenvalue weighted by Crippen LogP contribution is -2.36. The minimum Gasteiger partial charge on any atom is -0.506 e. The predicted molar refractivity (Wildman–Crippen MR) is 121 cm³/mol. The quantitative estimate of drug-likeness (QED) is 0.521. The Labute approximate surface area is 178 Å². The number of halogens is 1. The average molecular weight is 405 g/mol. The van der Waals surface area contributed by atoms with Crippen LogP contribution in [0.2, 0.25) is 5.02 Å². The highest BCUT2D eigenvalue weighted by atomic mass is 35.5. The summed E-state index contributed by atoms with van der Waals surface area (Å²) >= 11 is 6.42. The van der Waals surface area contributed by atoms with E-state index >= 15 is 0 Å². The summed E-state index contributed by atoms with van der Waals surface area (Å²) in [4.78, 5) is 0. The van der Waals surface area contributed by atoms with Crippen molar-refractivity contribution in [2.24, 2.45) is 5.92 Å². The molecule has 0 aromatic heterocycles. The smallest absolute Gasteiger partial charge is 0.134 e. The molecule has 158 valence electrons. The summed E-state index contributed by atoms with van der Waals surface area (Å²) in [6, 6.07) is 6.16. The number of benzene rings is 1. The van der Waals surface area contributed by atoms with E-state index < -0.39 is 0 Å². The molecule has 0 bridgehead atoms. The first kappa shape index (κ1) is 22.0. The molecular weight excluding hydrogens is 364 g/mol. The first-order valence-corrected chi connectivity index (χ1v) is 12.6. The first-order chi connectivity index (χ1) is 13.7. The molecule has 0 amide bonds. The van der Waals surface area contributed by atoms with Gasteiger partial charge in [0.25, 0.3) is 0 Å². The fourth-order valence-electron chi connectivity index (χ4n) is 6.00. The van der Waals surface area contributed by atoms with Gasteiger partial charge in [0, 0.05) is 0 Å². The Morgan fingerprint density at radius 3 is 1.64 bits per heavy atom. The molecule has 0 radical (unpaired) electrons. The molecule has 2 aliphatic carbocycles. The number of rotatable bonds is 2. The van der Waals surface area contributed by atoms with Crippen LogP contribution in [0.25, 0.3) is 0 Å². The van der Waals surface area contributed by atoms with Gasteiger partial charge in [-0.1, -0.05) is 108 Å². The monoisotopic (exact) mass is 404 g/mol. The summed E-state index contributed by atoms with van der Waals surface area (Å²) in [5.74, 6) is 0.997. The standard InChI is InChI=1S/C26H41ClO/c27-24-21-23(17-18-25(24)28)26(19-13-9-5-2-6-10-14-20-26)22-15-11-7-3-1-4-8-12-16-22/h17-18,21-22,28H,1-16,19-20H2. The third kappa shape index (κ3) is 5.91. The van der Waals surface area contributed by atoms with Gasteiger partial charge in [0.2, 0.25) is 0 Å². The highest BCUT2D eigenvalue weighted by molar-refractivity contribution is 6.32. The van der Waals surface area contributed by atoms with Gasteiger partial charge in [-0.3, -0.25) is 0 Å². The summed E-state index contributed by atoms with van der Waals surface area (Å²) in [5.41, 5.74) is 1.67. The van der Waals surface area contributed by atoms with E-state index in [0.29, 0.717) is 5.02 Å². The summed E-state index contributed by atoms with van der Waals surface area (Å²) < 4.78 is 0. The van der Waals surface area contributed by atoms with E-state index in [0.717, 1.165) is 5.92 Å². The molecule has 28 heavy (non-hydrogen) atoms. The van der Waals surface area contributed by atoms with Gasteiger partial charge in [-0.2, -0.15) is 0 Å². The van der Waals surface area contributed by atoms with Gasteiger partial charge in [0.05, 0.1) is 5.02 Å². The lowest BCUT2D eigenvalue weighted by Gasteiger charge is -2.43. The Bertz CT molecular complexity index is 562. The molecule has 1 aromatic rings. The van der Waals surface area contributed by atoms with Crippen molar-refractivity contribution in [1.82, 2.24) is 0 Å². The molecule has 0 unspecified atom stereocenters. The second kappa shape index (κ2) is 11.5. The lowest BCUT2D eigenvalue weighted by atomic mass is 9.61. The van der Waals surface area contributed by atoms with Crippen LogP contribution in [0.3, 0.4) is 0 Å². The van der Waals surface area contributed by atoms with Gasteiger partial charge < -0.3 is 5.11 Å². The first-order valence-electron chi connectivity index (χ1n) is 12.2.